The first-order chi connectivity index (χ1) is 17.4. The molecule has 37 heavy (non-hydrogen) atoms. The number of allylic oxidation sites excluding steroid dienone is 6. The highest BCUT2D eigenvalue weighted by atomic mass is 16.3. The van der Waals surface area contributed by atoms with E-state index < -0.39 is 6.10 Å². The van der Waals surface area contributed by atoms with E-state index in [2.05, 4.69) is 18.3 Å². The maximum atomic E-state index is 13.7. The highest BCUT2D eigenvalue weighted by Crippen LogP contribution is 2.29. The van der Waals surface area contributed by atoms with E-state index >= 15 is 0 Å². The fourth-order valence-corrected chi connectivity index (χ4v) is 4.60. The Labute approximate surface area is 222 Å². The zero-order valence-corrected chi connectivity index (χ0v) is 23.6. The van der Waals surface area contributed by atoms with E-state index in [-0.39, 0.29) is 35.0 Å². The van der Waals surface area contributed by atoms with Crippen molar-refractivity contribution in [2.75, 3.05) is 34.2 Å². The number of aliphatic hydroxyl groups excluding tert-OH is 1. The zero-order chi connectivity index (χ0) is 27.7. The van der Waals surface area contributed by atoms with Gasteiger partial charge >= 0.3 is 0 Å². The van der Waals surface area contributed by atoms with Crippen LogP contribution in [0.5, 0.6) is 0 Å². The summed E-state index contributed by atoms with van der Waals surface area (Å²) < 4.78 is 0. The normalized spacial score (nSPS) is 29.0. The molecule has 0 aromatic rings. The Morgan fingerprint density at radius 3 is 2.51 bits per heavy atom. The summed E-state index contributed by atoms with van der Waals surface area (Å²) in [5.41, 5.74) is 2.53. The topological polar surface area (TPSA) is 89.9 Å². The average Bonchev–Trinajstić information content (AvgIpc) is 2.84. The predicted molar refractivity (Wildman–Crippen MR) is 149 cm³/mol. The van der Waals surface area contributed by atoms with Gasteiger partial charge in [-0.05, 0) is 66.0 Å². The molecule has 0 spiro atoms. The number of nitrogens with zero attached hydrogens (tertiary/aromatic N) is 2. The molecule has 0 radical (unpaired) electrons. The summed E-state index contributed by atoms with van der Waals surface area (Å²) in [6.07, 6.45) is 11.9. The van der Waals surface area contributed by atoms with Crippen LogP contribution in [-0.2, 0) is 14.4 Å². The van der Waals surface area contributed by atoms with Gasteiger partial charge in [0.25, 0.3) is 5.91 Å². The van der Waals surface area contributed by atoms with E-state index in [4.69, 9.17) is 0 Å². The molecule has 2 rings (SSSR count). The second kappa shape index (κ2) is 14.2. The maximum Gasteiger partial charge on any atom is 0.253 e. The van der Waals surface area contributed by atoms with E-state index in [1.165, 1.54) is 16.5 Å². The molecule has 0 saturated heterocycles. The van der Waals surface area contributed by atoms with Gasteiger partial charge in [0.05, 0.1) is 17.5 Å². The summed E-state index contributed by atoms with van der Waals surface area (Å²) in [5, 5.41) is 13.9. The van der Waals surface area contributed by atoms with Crippen LogP contribution >= 0.6 is 0 Å². The highest BCUT2D eigenvalue weighted by Gasteiger charge is 2.33. The monoisotopic (exact) mass is 511 g/mol. The van der Waals surface area contributed by atoms with Crippen molar-refractivity contribution in [3.63, 3.8) is 0 Å². The molecule has 2 bridgehead atoms. The van der Waals surface area contributed by atoms with E-state index in [1.807, 2.05) is 45.0 Å². The second-order valence-corrected chi connectivity index (χ2v) is 10.8. The molecule has 1 aliphatic carbocycles. The van der Waals surface area contributed by atoms with Crippen molar-refractivity contribution in [1.29, 1.82) is 0 Å². The minimum atomic E-state index is -0.477. The molecule has 2 aliphatic rings. The fraction of sp³-hybridized carbons (Fsp3) is 0.567. The third-order valence-corrected chi connectivity index (χ3v) is 7.04. The number of hydrogen-bond donors (Lipinski definition) is 2. The highest BCUT2D eigenvalue weighted by molar-refractivity contribution is 6.23. The second-order valence-electron chi connectivity index (χ2n) is 10.8. The molecule has 1 heterocycles. The largest absolute Gasteiger partial charge is 0.393 e. The van der Waals surface area contributed by atoms with Crippen molar-refractivity contribution in [3.8, 4) is 0 Å². The van der Waals surface area contributed by atoms with Crippen molar-refractivity contribution in [1.82, 2.24) is 15.1 Å². The van der Waals surface area contributed by atoms with Crippen LogP contribution in [0.2, 0.25) is 0 Å². The third kappa shape index (κ3) is 8.93. The van der Waals surface area contributed by atoms with Gasteiger partial charge in [0.15, 0.2) is 0 Å². The predicted octanol–water partition coefficient (Wildman–Crippen LogP) is 3.93. The van der Waals surface area contributed by atoms with Crippen LogP contribution in [0.25, 0.3) is 0 Å². The Hall–Kier alpha value is -2.77. The zero-order valence-electron chi connectivity index (χ0n) is 23.6. The molecule has 204 valence electrons. The Morgan fingerprint density at radius 2 is 1.84 bits per heavy atom. The van der Waals surface area contributed by atoms with Gasteiger partial charge in [0.1, 0.15) is 0 Å². The van der Waals surface area contributed by atoms with Crippen molar-refractivity contribution in [3.05, 3.63) is 58.5 Å². The number of amides is 1. The van der Waals surface area contributed by atoms with Crippen LogP contribution in [-0.4, -0.2) is 72.7 Å². The Kier molecular flexibility index (Phi) is 11.7. The molecule has 0 aromatic heterocycles. The number of ketones is 2. The number of rotatable bonds is 4. The minimum Gasteiger partial charge on any atom is -0.393 e. The molecule has 1 aliphatic heterocycles. The van der Waals surface area contributed by atoms with E-state index in [9.17, 15) is 19.5 Å². The lowest BCUT2D eigenvalue weighted by Crippen LogP contribution is -2.38. The first kappa shape index (κ1) is 30.5. The molecule has 7 nitrogen and oxygen atoms in total. The molecular formula is C30H45N3O4. The number of carbonyl (C=O) groups is 3. The molecule has 1 amide bonds. The van der Waals surface area contributed by atoms with Crippen LogP contribution in [0.3, 0.4) is 0 Å². The summed E-state index contributed by atoms with van der Waals surface area (Å²) in [4.78, 5) is 43.2. The van der Waals surface area contributed by atoms with Crippen molar-refractivity contribution >= 4 is 17.5 Å². The van der Waals surface area contributed by atoms with Crippen LogP contribution in [0, 0.1) is 11.8 Å². The lowest BCUT2D eigenvalue weighted by Gasteiger charge is -2.27. The van der Waals surface area contributed by atoms with E-state index in [0.717, 1.165) is 12.8 Å². The van der Waals surface area contributed by atoms with Gasteiger partial charge in [-0.2, -0.15) is 0 Å². The number of aliphatic hydroxyl groups is 1. The number of carbonyl (C=O) groups excluding carboxylic acids is 3. The SMILES string of the molecule is C/C1=C\C(C)C(O)CCC(C)CC2=C(NCCN(C)C)C(=O)C=C(C2=O)N(C)C(=O)/C(C)=C/C=C\CC1. The van der Waals surface area contributed by atoms with E-state index in [0.29, 0.717) is 49.2 Å². The van der Waals surface area contributed by atoms with Crippen molar-refractivity contribution in [2.24, 2.45) is 11.8 Å². The number of Topliss-reactive ketones (excluding diaryl/α,β-unsaturated/α-hetero) is 1. The Bertz CT molecular complexity index is 1020. The Balaban J connectivity index is 2.44. The van der Waals surface area contributed by atoms with Gasteiger partial charge in [0, 0.05) is 43.3 Å². The first-order valence-corrected chi connectivity index (χ1v) is 13.3. The minimum absolute atomic E-state index is 0.0292. The molecule has 2 N–H and O–H groups in total. The molecule has 3 unspecified atom stereocenters. The molecule has 0 aromatic carbocycles. The fourth-order valence-electron chi connectivity index (χ4n) is 4.60. The van der Waals surface area contributed by atoms with Gasteiger partial charge in [-0.25, -0.2) is 0 Å². The summed E-state index contributed by atoms with van der Waals surface area (Å²) in [7, 11) is 5.43. The smallest absolute Gasteiger partial charge is 0.253 e. The van der Waals surface area contributed by atoms with Gasteiger partial charge in [-0.1, -0.05) is 43.7 Å². The van der Waals surface area contributed by atoms with Crippen molar-refractivity contribution < 1.29 is 19.5 Å². The van der Waals surface area contributed by atoms with Crippen LogP contribution in [0.15, 0.2) is 58.5 Å². The summed E-state index contributed by atoms with van der Waals surface area (Å²) in [5.74, 6) is -0.820. The number of fused-ring (bicyclic) bond motifs is 2. The summed E-state index contributed by atoms with van der Waals surface area (Å²) in [6, 6.07) is 0. The number of nitrogens with one attached hydrogen (secondary N) is 1. The molecule has 0 fully saturated rings. The van der Waals surface area contributed by atoms with Gasteiger partial charge in [0.2, 0.25) is 11.6 Å². The Morgan fingerprint density at radius 1 is 1.14 bits per heavy atom. The average molecular weight is 512 g/mol. The molecular weight excluding hydrogens is 466 g/mol. The number of likely N-dealkylation sites (N-methyl/N-ethyl adjacent to an activating group) is 2. The van der Waals surface area contributed by atoms with Crippen LogP contribution in [0.4, 0.5) is 0 Å². The quantitative estimate of drug-likeness (QED) is 0.439. The first-order valence-electron chi connectivity index (χ1n) is 13.3. The lowest BCUT2D eigenvalue weighted by molar-refractivity contribution is -0.127. The maximum absolute atomic E-state index is 13.7. The van der Waals surface area contributed by atoms with Crippen molar-refractivity contribution in [2.45, 2.75) is 65.9 Å². The third-order valence-electron chi connectivity index (χ3n) is 7.04. The summed E-state index contributed by atoms with van der Waals surface area (Å²) in [6.45, 7) is 9.08. The summed E-state index contributed by atoms with van der Waals surface area (Å²) >= 11 is 0. The van der Waals surface area contributed by atoms with Gasteiger partial charge in [-0.3, -0.25) is 14.4 Å². The van der Waals surface area contributed by atoms with Gasteiger partial charge in [-0.15, -0.1) is 0 Å². The lowest BCUT2D eigenvalue weighted by atomic mass is 9.86. The van der Waals surface area contributed by atoms with Gasteiger partial charge < -0.3 is 20.2 Å². The van der Waals surface area contributed by atoms with Crippen LogP contribution in [0.1, 0.15) is 59.8 Å². The number of hydrogen-bond acceptors (Lipinski definition) is 6. The molecule has 7 heteroatoms. The van der Waals surface area contributed by atoms with Crippen LogP contribution < -0.4 is 5.32 Å². The standard InChI is InChI=1S/C30H45N3O4/c1-20-11-9-8-10-12-22(3)30(37)33(7)25-19-27(35)28(31-15-16-32(5)6)24(29(25)36)18-21(2)13-14-26(34)23(4)17-20/h8,10,12,17,19,21,23,26,31,34H,9,11,13-16,18H2,1-7H3/b10-8-,20-17+,22-12+. The van der Waals surface area contributed by atoms with E-state index in [1.54, 1.807) is 20.0 Å². The molecule has 3 atom stereocenters. The molecule has 0 saturated carbocycles.